The van der Waals surface area contributed by atoms with Crippen LogP contribution in [0.1, 0.15) is 0 Å². The maximum Gasteiger partial charge on any atom is 0.119 e. The summed E-state index contributed by atoms with van der Waals surface area (Å²) in [5.41, 5.74) is 0. The van der Waals surface area contributed by atoms with E-state index in [1.54, 1.807) is 0 Å². The molecule has 0 bridgehead atoms. The van der Waals surface area contributed by atoms with Crippen molar-refractivity contribution in [1.29, 1.82) is 0 Å². The zero-order valence-corrected chi connectivity index (χ0v) is 3.57. The first-order valence-corrected chi connectivity index (χ1v) is 2.02. The van der Waals surface area contributed by atoms with E-state index in [-0.39, 0.29) is 0 Å². The van der Waals surface area contributed by atoms with Crippen molar-refractivity contribution in [3.8, 4) is 0 Å². The molecule has 0 radical (unpaired) electrons. The summed E-state index contributed by atoms with van der Waals surface area (Å²) in [6, 6.07) is 0. The van der Waals surface area contributed by atoms with E-state index in [2.05, 4.69) is 6.82 Å². The second-order valence-electron chi connectivity index (χ2n) is 1.08. The fourth-order valence-corrected chi connectivity index (χ4v) is 0.158. The smallest absolute Gasteiger partial charge is 0.119 e. The zero-order chi connectivity index (χ0) is 4.12. The average molecular weight is 69.7 g/mol. The Hall–Kier alpha value is 0.0899. The Morgan fingerprint density at radius 1 is 1.80 bits per heavy atom. The van der Waals surface area contributed by atoms with Gasteiger partial charge in [0.25, 0.3) is 0 Å². The van der Waals surface area contributed by atoms with Gasteiger partial charge >= 0.3 is 0 Å². The molecule has 0 heterocycles. The monoisotopic (exact) mass is 70.1 g/mol. The topological polar surface area (TPSA) is 20.2 Å². The lowest BCUT2D eigenvalue weighted by molar-refractivity contribution is 0.368. The lowest BCUT2D eigenvalue weighted by Gasteiger charge is -1.73. The normalized spacial score (nSPS) is 6.80. The van der Waals surface area contributed by atoms with E-state index < -0.39 is 0 Å². The summed E-state index contributed by atoms with van der Waals surface area (Å²) >= 11 is 0. The van der Waals surface area contributed by atoms with E-state index in [1.807, 2.05) is 0 Å². The first-order chi connectivity index (χ1) is 2.41. The van der Waals surface area contributed by atoms with E-state index >= 15 is 0 Å². The van der Waals surface area contributed by atoms with Crippen LogP contribution in [0.25, 0.3) is 0 Å². The van der Waals surface area contributed by atoms with Crippen molar-refractivity contribution in [3.63, 3.8) is 0 Å². The van der Waals surface area contributed by atoms with Crippen molar-refractivity contribution in [1.82, 2.24) is 0 Å². The number of hydrogen-bond acceptors (Lipinski definition) is 1. The highest BCUT2D eigenvalue weighted by Gasteiger charge is 1.77. The Labute approximate surface area is 33.9 Å². The van der Waals surface area contributed by atoms with Crippen molar-refractivity contribution >= 4 is 14.3 Å². The van der Waals surface area contributed by atoms with Gasteiger partial charge in [0, 0.05) is 6.51 Å². The summed E-state index contributed by atoms with van der Waals surface area (Å²) in [5, 5.41) is 8.07. The van der Waals surface area contributed by atoms with Crippen LogP contribution in [-0.4, -0.2) is 26.0 Å². The third-order valence-corrected chi connectivity index (χ3v) is 0.512. The molecule has 0 amide bonds. The Kier molecular flexibility index (Phi) is 4.16. The molecule has 0 spiro atoms. The quantitative estimate of drug-likeness (QED) is 0.403. The van der Waals surface area contributed by atoms with E-state index in [4.69, 9.17) is 5.11 Å². The highest BCUT2D eigenvalue weighted by Crippen LogP contribution is 1.47. The van der Waals surface area contributed by atoms with Gasteiger partial charge in [-0.2, -0.15) is 0 Å². The highest BCUT2D eigenvalue weighted by molar-refractivity contribution is 6.99. The van der Waals surface area contributed by atoms with Gasteiger partial charge in [0.05, 0.1) is 7.17 Å². The SMILES string of the molecule is CBBCO. The Morgan fingerprint density at radius 3 is 2.40 bits per heavy atom. The summed E-state index contributed by atoms with van der Waals surface area (Å²) in [7, 11) is 2.04. The molecule has 3 heteroatoms. The Bertz CT molecular complexity index is 15.1. The minimum atomic E-state index is 0.344. The molecule has 28 valence electrons. The number of aliphatic hydroxyl groups is 1. The third kappa shape index (κ3) is 4.09. The van der Waals surface area contributed by atoms with Gasteiger partial charge in [0.15, 0.2) is 0 Å². The predicted octanol–water partition coefficient (Wildman–Crippen LogP) is -1.23. The molecule has 0 fully saturated rings. The lowest BCUT2D eigenvalue weighted by atomic mass is 9.42. The first-order valence-electron chi connectivity index (χ1n) is 2.02. The van der Waals surface area contributed by atoms with Gasteiger partial charge in [0.1, 0.15) is 7.17 Å². The summed E-state index contributed by atoms with van der Waals surface area (Å²) in [5.74, 6) is 0. The van der Waals surface area contributed by atoms with Crippen LogP contribution in [0, 0.1) is 0 Å². The van der Waals surface area contributed by atoms with Gasteiger partial charge in [-0.05, 0) is 0 Å². The second kappa shape index (κ2) is 4.09. The van der Waals surface area contributed by atoms with Gasteiger partial charge in [-0.25, -0.2) is 0 Å². The fraction of sp³-hybridized carbons (Fsp3) is 1.00. The molecule has 0 aromatic carbocycles. The molecule has 0 aliphatic carbocycles. The molecule has 1 N–H and O–H groups in total. The minimum Gasteiger partial charge on any atom is -0.406 e. The molecule has 0 aliphatic rings. The van der Waals surface area contributed by atoms with E-state index in [1.165, 1.54) is 0 Å². The predicted molar refractivity (Wildman–Crippen MR) is 27.2 cm³/mol. The van der Waals surface area contributed by atoms with Crippen LogP contribution < -0.4 is 0 Å². The van der Waals surface area contributed by atoms with Gasteiger partial charge in [-0.15, -0.1) is 0 Å². The number of hydrogen-bond donors (Lipinski definition) is 1. The molecule has 0 aromatic rings. The highest BCUT2D eigenvalue weighted by atomic mass is 16.2. The molecule has 0 atom stereocenters. The molecule has 0 saturated heterocycles. The van der Waals surface area contributed by atoms with Gasteiger partial charge in [-0.3, -0.25) is 0 Å². The summed E-state index contributed by atoms with van der Waals surface area (Å²) in [6.45, 7) is 2.40. The van der Waals surface area contributed by atoms with E-state index in [0.29, 0.717) is 6.51 Å². The van der Waals surface area contributed by atoms with Crippen LogP contribution >= 0.6 is 0 Å². The molecular formula is C2H8B2O. The van der Waals surface area contributed by atoms with E-state index in [0.717, 1.165) is 14.3 Å². The molecule has 0 aliphatic heterocycles. The van der Waals surface area contributed by atoms with Crippen molar-refractivity contribution < 1.29 is 5.11 Å². The zero-order valence-electron chi connectivity index (χ0n) is 3.57. The minimum absolute atomic E-state index is 0.344. The van der Waals surface area contributed by atoms with Crippen LogP contribution in [0.15, 0.2) is 0 Å². The average Bonchev–Trinajstić information content (AvgIpc) is 1.41. The van der Waals surface area contributed by atoms with Crippen molar-refractivity contribution in [2.45, 2.75) is 6.82 Å². The first kappa shape index (κ1) is 5.09. The molecule has 5 heavy (non-hydrogen) atoms. The van der Waals surface area contributed by atoms with Gasteiger partial charge in [-0.1, -0.05) is 6.82 Å². The fourth-order valence-electron chi connectivity index (χ4n) is 0.158. The van der Waals surface area contributed by atoms with Crippen LogP contribution in [-0.2, 0) is 0 Å². The third-order valence-electron chi connectivity index (χ3n) is 0.512. The van der Waals surface area contributed by atoms with Gasteiger partial charge < -0.3 is 5.11 Å². The molecule has 1 nitrogen and oxygen atoms in total. The standard InChI is InChI=1S/C2H8B2O/c1-3-4-2-5/h3-5H,2H2,1H3. The maximum atomic E-state index is 8.07. The van der Waals surface area contributed by atoms with Crippen LogP contribution in [0.2, 0.25) is 6.82 Å². The molecule has 0 rings (SSSR count). The van der Waals surface area contributed by atoms with E-state index in [9.17, 15) is 0 Å². The molecule has 0 saturated carbocycles. The lowest BCUT2D eigenvalue weighted by Crippen LogP contribution is -2.02. The number of rotatable bonds is 2. The Morgan fingerprint density at radius 2 is 2.40 bits per heavy atom. The largest absolute Gasteiger partial charge is 0.406 e. The van der Waals surface area contributed by atoms with Crippen molar-refractivity contribution in [2.24, 2.45) is 0 Å². The Balaban J connectivity index is 2.19. The second-order valence-corrected chi connectivity index (χ2v) is 1.08. The van der Waals surface area contributed by atoms with Crippen molar-refractivity contribution in [3.05, 3.63) is 0 Å². The summed E-state index contributed by atoms with van der Waals surface area (Å²) < 4.78 is 0. The van der Waals surface area contributed by atoms with Crippen molar-refractivity contribution in [2.75, 3.05) is 6.51 Å². The number of aliphatic hydroxyl groups excluding tert-OH is 1. The molecule has 0 aromatic heterocycles. The van der Waals surface area contributed by atoms with Crippen LogP contribution in [0.4, 0.5) is 0 Å². The van der Waals surface area contributed by atoms with Crippen LogP contribution in [0.5, 0.6) is 0 Å². The molecule has 0 unspecified atom stereocenters. The summed E-state index contributed by atoms with van der Waals surface area (Å²) in [6.07, 6.45) is 0. The maximum absolute atomic E-state index is 8.07. The van der Waals surface area contributed by atoms with Crippen LogP contribution in [0.3, 0.4) is 0 Å². The molecular weight excluding hydrogens is 61.6 g/mol. The van der Waals surface area contributed by atoms with Gasteiger partial charge in [0.2, 0.25) is 0 Å². The summed E-state index contributed by atoms with van der Waals surface area (Å²) in [4.78, 5) is 0.